The molecule has 0 bridgehead atoms. The van der Waals surface area contributed by atoms with E-state index in [-0.39, 0.29) is 12.4 Å². The summed E-state index contributed by atoms with van der Waals surface area (Å²) in [5, 5.41) is 4.15. The second kappa shape index (κ2) is 6.38. The summed E-state index contributed by atoms with van der Waals surface area (Å²) in [5.41, 5.74) is 1.33. The number of hydrogen-bond acceptors (Lipinski definition) is 2. The van der Waals surface area contributed by atoms with Gasteiger partial charge >= 0.3 is 0 Å². The number of hydrogen-bond donors (Lipinski definition) is 1. The van der Waals surface area contributed by atoms with Crippen molar-refractivity contribution in [2.45, 2.75) is 12.8 Å². The Labute approximate surface area is 142 Å². The number of fused-ring (bicyclic) bond motifs is 1. The van der Waals surface area contributed by atoms with Gasteiger partial charge in [-0.05, 0) is 61.4 Å². The molecule has 2 unspecified atom stereocenters. The molecule has 0 aromatic heterocycles. The second-order valence-electron chi connectivity index (χ2n) is 6.78. The van der Waals surface area contributed by atoms with Crippen molar-refractivity contribution in [3.05, 3.63) is 34.9 Å². The minimum Gasteiger partial charge on any atom is -0.342 e. The molecule has 1 aliphatic carbocycles. The smallest absolute Gasteiger partial charge is 0.226 e. The van der Waals surface area contributed by atoms with E-state index in [1.54, 1.807) is 0 Å². The Morgan fingerprint density at radius 1 is 1.23 bits per heavy atom. The third-order valence-corrected chi connectivity index (χ3v) is 5.66. The molecular weight excluding hydrogens is 319 g/mol. The van der Waals surface area contributed by atoms with E-state index in [9.17, 15) is 4.79 Å². The molecule has 1 amide bonds. The van der Waals surface area contributed by atoms with Gasteiger partial charge in [-0.2, -0.15) is 0 Å². The van der Waals surface area contributed by atoms with Crippen molar-refractivity contribution in [3.63, 3.8) is 0 Å². The van der Waals surface area contributed by atoms with Crippen molar-refractivity contribution < 1.29 is 4.79 Å². The summed E-state index contributed by atoms with van der Waals surface area (Å²) in [7, 11) is 0. The fourth-order valence-electron chi connectivity index (χ4n) is 4.15. The standard InChI is InChI=1S/C17H21ClN2O.ClH/c18-13-3-1-11(2-4-13)7-12-5-6-20(10-12)17(21)16-14-8-19-9-15(14)16;/h1-4,12,14-16,19H,5-10H2;1H/t12?,14-,15+,16?;. The highest BCUT2D eigenvalue weighted by atomic mass is 35.5. The molecule has 0 radical (unpaired) electrons. The first-order valence-corrected chi connectivity index (χ1v) is 8.34. The van der Waals surface area contributed by atoms with E-state index >= 15 is 0 Å². The lowest BCUT2D eigenvalue weighted by atomic mass is 9.99. The van der Waals surface area contributed by atoms with Gasteiger partial charge in [0, 0.05) is 24.0 Å². The first-order valence-electron chi connectivity index (χ1n) is 7.96. The van der Waals surface area contributed by atoms with Crippen molar-refractivity contribution >= 4 is 29.9 Å². The number of halogens is 2. The molecule has 5 heteroatoms. The molecule has 3 aliphatic rings. The molecule has 1 aromatic rings. The Morgan fingerprint density at radius 2 is 1.91 bits per heavy atom. The predicted octanol–water partition coefficient (Wildman–Crippen LogP) is 2.62. The molecule has 4 rings (SSSR count). The van der Waals surface area contributed by atoms with Crippen LogP contribution in [0.3, 0.4) is 0 Å². The van der Waals surface area contributed by atoms with Gasteiger partial charge in [0.05, 0.1) is 0 Å². The number of benzene rings is 1. The van der Waals surface area contributed by atoms with Crippen LogP contribution >= 0.6 is 24.0 Å². The van der Waals surface area contributed by atoms with Crippen LogP contribution in [-0.2, 0) is 11.2 Å². The number of rotatable bonds is 3. The molecule has 3 nitrogen and oxygen atoms in total. The molecule has 2 aliphatic heterocycles. The molecule has 120 valence electrons. The average molecular weight is 341 g/mol. The summed E-state index contributed by atoms with van der Waals surface area (Å²) in [6.45, 7) is 3.97. The topological polar surface area (TPSA) is 32.3 Å². The molecular formula is C17H22Cl2N2O. The zero-order valence-corrected chi connectivity index (χ0v) is 14.1. The lowest BCUT2D eigenvalue weighted by Crippen LogP contribution is -2.33. The number of likely N-dealkylation sites (tertiary alicyclic amines) is 1. The normalized spacial score (nSPS) is 32.5. The van der Waals surface area contributed by atoms with E-state index in [0.717, 1.165) is 44.0 Å². The van der Waals surface area contributed by atoms with E-state index < -0.39 is 0 Å². The lowest BCUT2D eigenvalue weighted by molar-refractivity contribution is -0.132. The number of carbonyl (C=O) groups excluding carboxylic acids is 1. The third kappa shape index (κ3) is 2.99. The van der Waals surface area contributed by atoms with Crippen LogP contribution in [0.1, 0.15) is 12.0 Å². The molecule has 2 saturated heterocycles. The fourth-order valence-corrected chi connectivity index (χ4v) is 4.27. The highest BCUT2D eigenvalue weighted by molar-refractivity contribution is 6.30. The van der Waals surface area contributed by atoms with Crippen molar-refractivity contribution in [3.8, 4) is 0 Å². The Bertz CT molecular complexity index is 538. The van der Waals surface area contributed by atoms with Gasteiger partial charge in [-0.1, -0.05) is 23.7 Å². The van der Waals surface area contributed by atoms with Crippen LogP contribution in [0.5, 0.6) is 0 Å². The molecule has 1 aromatic carbocycles. The zero-order chi connectivity index (χ0) is 14.4. The van der Waals surface area contributed by atoms with Crippen LogP contribution in [-0.4, -0.2) is 37.0 Å². The van der Waals surface area contributed by atoms with Gasteiger partial charge in [0.1, 0.15) is 0 Å². The van der Waals surface area contributed by atoms with Crippen LogP contribution < -0.4 is 5.32 Å². The predicted molar refractivity (Wildman–Crippen MR) is 90.4 cm³/mol. The van der Waals surface area contributed by atoms with E-state index in [2.05, 4.69) is 22.3 Å². The van der Waals surface area contributed by atoms with Gasteiger partial charge in [-0.3, -0.25) is 4.79 Å². The van der Waals surface area contributed by atoms with Gasteiger partial charge < -0.3 is 10.2 Å². The minimum atomic E-state index is 0. The molecule has 4 atom stereocenters. The van der Waals surface area contributed by atoms with Crippen molar-refractivity contribution in [1.29, 1.82) is 0 Å². The number of nitrogens with zero attached hydrogens (tertiary/aromatic N) is 1. The highest BCUT2D eigenvalue weighted by Gasteiger charge is 2.58. The summed E-state index contributed by atoms with van der Waals surface area (Å²) in [4.78, 5) is 14.7. The molecule has 2 heterocycles. The minimum absolute atomic E-state index is 0. The van der Waals surface area contributed by atoms with E-state index in [1.165, 1.54) is 5.56 Å². The quantitative estimate of drug-likeness (QED) is 0.917. The van der Waals surface area contributed by atoms with Crippen molar-refractivity contribution in [2.75, 3.05) is 26.2 Å². The number of amides is 1. The maximum Gasteiger partial charge on any atom is 0.226 e. The molecule has 0 spiro atoms. The van der Waals surface area contributed by atoms with Gasteiger partial charge in [0.25, 0.3) is 0 Å². The Balaban J connectivity index is 0.00000144. The summed E-state index contributed by atoms with van der Waals surface area (Å²) >= 11 is 5.92. The lowest BCUT2D eigenvalue weighted by Gasteiger charge is -2.18. The van der Waals surface area contributed by atoms with Crippen LogP contribution in [0, 0.1) is 23.7 Å². The first-order chi connectivity index (χ1) is 10.2. The molecule has 3 fully saturated rings. The maximum atomic E-state index is 12.5. The van der Waals surface area contributed by atoms with Crippen LogP contribution in [0.2, 0.25) is 5.02 Å². The Kier molecular flexibility index (Phi) is 4.67. The summed E-state index contributed by atoms with van der Waals surface area (Å²) in [5.74, 6) is 2.62. The summed E-state index contributed by atoms with van der Waals surface area (Å²) < 4.78 is 0. The highest BCUT2D eigenvalue weighted by Crippen LogP contribution is 2.50. The number of carbonyl (C=O) groups is 1. The van der Waals surface area contributed by atoms with Gasteiger partial charge in [0.2, 0.25) is 5.91 Å². The van der Waals surface area contributed by atoms with E-state index in [4.69, 9.17) is 11.6 Å². The number of nitrogens with one attached hydrogen (secondary N) is 1. The third-order valence-electron chi connectivity index (χ3n) is 5.41. The molecule has 1 N–H and O–H groups in total. The first kappa shape index (κ1) is 16.1. The molecule has 1 saturated carbocycles. The summed E-state index contributed by atoms with van der Waals surface area (Å²) in [6.07, 6.45) is 2.19. The average Bonchev–Trinajstić information content (AvgIpc) is 2.86. The van der Waals surface area contributed by atoms with Gasteiger partial charge in [-0.15, -0.1) is 12.4 Å². The van der Waals surface area contributed by atoms with E-state index in [0.29, 0.717) is 29.6 Å². The zero-order valence-electron chi connectivity index (χ0n) is 12.5. The maximum absolute atomic E-state index is 12.5. The van der Waals surface area contributed by atoms with Crippen LogP contribution in [0.25, 0.3) is 0 Å². The fraction of sp³-hybridized carbons (Fsp3) is 0.588. The van der Waals surface area contributed by atoms with Crippen LogP contribution in [0.4, 0.5) is 0 Å². The molecule has 22 heavy (non-hydrogen) atoms. The largest absolute Gasteiger partial charge is 0.342 e. The van der Waals surface area contributed by atoms with Crippen molar-refractivity contribution in [1.82, 2.24) is 10.2 Å². The van der Waals surface area contributed by atoms with Gasteiger partial charge in [-0.25, -0.2) is 0 Å². The van der Waals surface area contributed by atoms with Crippen LogP contribution in [0.15, 0.2) is 24.3 Å². The second-order valence-corrected chi connectivity index (χ2v) is 7.22. The van der Waals surface area contributed by atoms with E-state index in [1.807, 2.05) is 12.1 Å². The monoisotopic (exact) mass is 340 g/mol. The Hall–Kier alpha value is -0.770. The SMILES string of the molecule is Cl.O=C(C1[C@H]2CNC[C@@H]12)N1CCC(Cc2ccc(Cl)cc2)C1. The summed E-state index contributed by atoms with van der Waals surface area (Å²) in [6, 6.07) is 8.10. The van der Waals surface area contributed by atoms with Gasteiger partial charge in [0.15, 0.2) is 0 Å². The Morgan fingerprint density at radius 3 is 2.59 bits per heavy atom. The number of piperidine rings is 1. The van der Waals surface area contributed by atoms with Crippen molar-refractivity contribution in [2.24, 2.45) is 23.7 Å².